The van der Waals surface area contributed by atoms with Crippen LogP contribution in [0, 0.1) is 11.8 Å². The molecule has 0 radical (unpaired) electrons. The van der Waals surface area contributed by atoms with Crippen molar-refractivity contribution < 1.29 is 13.2 Å². The summed E-state index contributed by atoms with van der Waals surface area (Å²) in [5.74, 6) is -0.436. The van der Waals surface area contributed by atoms with Gasteiger partial charge in [0.05, 0.1) is 5.39 Å². The summed E-state index contributed by atoms with van der Waals surface area (Å²) in [6.45, 7) is 4.90. The number of fused-ring (bicyclic) bond motifs is 1. The highest BCUT2D eigenvalue weighted by atomic mass is 19.1. The van der Waals surface area contributed by atoms with E-state index in [1.165, 1.54) is 6.07 Å². The molecule has 17 heavy (non-hydrogen) atoms. The second kappa shape index (κ2) is 4.84. The highest BCUT2D eigenvalue weighted by Gasteiger charge is 2.11. The van der Waals surface area contributed by atoms with Crippen LogP contribution < -0.4 is 5.32 Å². The van der Waals surface area contributed by atoms with E-state index in [-0.39, 0.29) is 17.0 Å². The van der Waals surface area contributed by atoms with Gasteiger partial charge in [0.2, 0.25) is 0 Å². The molecule has 0 aliphatic heterocycles. The molecule has 1 aromatic carbocycles. The Balaban J connectivity index is 2.29. The Labute approximate surface area is 98.6 Å². The molecule has 0 saturated heterocycles. The minimum Gasteiger partial charge on any atom is -0.431 e. The zero-order valence-corrected chi connectivity index (χ0v) is 9.89. The second-order valence-corrected chi connectivity index (χ2v) is 4.20. The van der Waals surface area contributed by atoms with Crippen molar-refractivity contribution >= 4 is 11.0 Å². The standard InChI is InChI=1S/C13H15F2NO/c1-3-16-8(2)4-9-5-11(14)10-7-13(15)17-12(10)6-9/h5-8,16H,3-4H2,1-2H3. The van der Waals surface area contributed by atoms with Crippen molar-refractivity contribution in [2.45, 2.75) is 26.3 Å². The minimum atomic E-state index is -0.754. The largest absolute Gasteiger partial charge is 0.431 e. The molecule has 0 spiro atoms. The molecule has 92 valence electrons. The van der Waals surface area contributed by atoms with Gasteiger partial charge < -0.3 is 9.73 Å². The molecular formula is C13H15F2NO. The molecule has 1 heterocycles. The number of nitrogens with one attached hydrogen (secondary N) is 1. The van der Waals surface area contributed by atoms with Crippen molar-refractivity contribution in [3.05, 3.63) is 35.6 Å². The van der Waals surface area contributed by atoms with Crippen LogP contribution in [0.4, 0.5) is 8.78 Å². The lowest BCUT2D eigenvalue weighted by Crippen LogP contribution is -2.27. The molecule has 0 saturated carbocycles. The molecule has 2 aromatic rings. The number of hydrogen-bond donors (Lipinski definition) is 1. The van der Waals surface area contributed by atoms with Crippen LogP contribution in [0.15, 0.2) is 22.6 Å². The van der Waals surface area contributed by atoms with Gasteiger partial charge >= 0.3 is 0 Å². The summed E-state index contributed by atoms with van der Waals surface area (Å²) in [6, 6.07) is 3.69. The van der Waals surface area contributed by atoms with Crippen LogP contribution in [0.2, 0.25) is 0 Å². The first-order chi connectivity index (χ1) is 8.10. The van der Waals surface area contributed by atoms with E-state index < -0.39 is 11.8 Å². The van der Waals surface area contributed by atoms with E-state index in [1.807, 2.05) is 13.8 Å². The molecule has 1 aromatic heterocycles. The normalized spacial score (nSPS) is 13.2. The first-order valence-corrected chi connectivity index (χ1v) is 5.71. The van der Waals surface area contributed by atoms with E-state index in [2.05, 4.69) is 5.32 Å². The Morgan fingerprint density at radius 1 is 1.29 bits per heavy atom. The topological polar surface area (TPSA) is 25.2 Å². The molecule has 1 N–H and O–H groups in total. The summed E-state index contributed by atoms with van der Waals surface area (Å²) in [6.07, 6.45) is 0.684. The zero-order chi connectivity index (χ0) is 12.4. The lowest BCUT2D eigenvalue weighted by Gasteiger charge is -2.12. The number of furan rings is 1. The van der Waals surface area contributed by atoms with Crippen molar-refractivity contribution in [3.8, 4) is 0 Å². The number of likely N-dealkylation sites (N-methyl/N-ethyl adjacent to an activating group) is 1. The molecule has 4 heteroatoms. The molecular weight excluding hydrogens is 224 g/mol. The summed E-state index contributed by atoms with van der Waals surface area (Å²) in [4.78, 5) is 0. The average molecular weight is 239 g/mol. The third kappa shape index (κ3) is 2.64. The second-order valence-electron chi connectivity index (χ2n) is 4.20. The van der Waals surface area contributed by atoms with Crippen LogP contribution in [0.25, 0.3) is 11.0 Å². The number of halogens is 2. The van der Waals surface area contributed by atoms with Gasteiger partial charge in [0.1, 0.15) is 11.4 Å². The molecule has 2 nitrogen and oxygen atoms in total. The fourth-order valence-electron chi connectivity index (χ4n) is 2.01. The maximum atomic E-state index is 13.6. The van der Waals surface area contributed by atoms with Crippen molar-refractivity contribution in [2.24, 2.45) is 0 Å². The Morgan fingerprint density at radius 2 is 2.06 bits per heavy atom. The Hall–Kier alpha value is -1.42. The summed E-state index contributed by atoms with van der Waals surface area (Å²) < 4.78 is 31.3. The maximum absolute atomic E-state index is 13.6. The van der Waals surface area contributed by atoms with Gasteiger partial charge in [-0.1, -0.05) is 6.92 Å². The molecule has 2 rings (SSSR count). The lowest BCUT2D eigenvalue weighted by molar-refractivity contribution is 0.380. The third-order valence-corrected chi connectivity index (χ3v) is 2.71. The summed E-state index contributed by atoms with van der Waals surface area (Å²) in [5.41, 5.74) is 1.07. The predicted molar refractivity (Wildman–Crippen MR) is 63.0 cm³/mol. The molecule has 0 bridgehead atoms. The van der Waals surface area contributed by atoms with Crippen molar-refractivity contribution in [1.29, 1.82) is 0 Å². The van der Waals surface area contributed by atoms with Crippen LogP contribution in [0.1, 0.15) is 19.4 Å². The van der Waals surface area contributed by atoms with Crippen LogP contribution in [-0.4, -0.2) is 12.6 Å². The van der Waals surface area contributed by atoms with Gasteiger partial charge in [0.25, 0.3) is 6.01 Å². The van der Waals surface area contributed by atoms with E-state index in [0.29, 0.717) is 6.42 Å². The quantitative estimate of drug-likeness (QED) is 0.886. The van der Waals surface area contributed by atoms with Gasteiger partial charge in [-0.3, -0.25) is 0 Å². The lowest BCUT2D eigenvalue weighted by atomic mass is 10.1. The van der Waals surface area contributed by atoms with E-state index in [0.717, 1.165) is 18.2 Å². The van der Waals surface area contributed by atoms with E-state index in [4.69, 9.17) is 4.42 Å². The molecule has 0 amide bonds. The van der Waals surface area contributed by atoms with Crippen LogP contribution in [-0.2, 0) is 6.42 Å². The Bertz CT molecular complexity index is 521. The minimum absolute atomic E-state index is 0.197. The fraction of sp³-hybridized carbons (Fsp3) is 0.385. The monoisotopic (exact) mass is 239 g/mol. The average Bonchev–Trinajstić information content (AvgIpc) is 2.59. The smallest absolute Gasteiger partial charge is 0.278 e. The van der Waals surface area contributed by atoms with Crippen molar-refractivity contribution in [2.75, 3.05) is 6.54 Å². The van der Waals surface area contributed by atoms with Crippen LogP contribution >= 0.6 is 0 Å². The number of hydrogen-bond acceptors (Lipinski definition) is 2. The number of rotatable bonds is 4. The fourth-order valence-corrected chi connectivity index (χ4v) is 2.01. The van der Waals surface area contributed by atoms with Gasteiger partial charge in [-0.25, -0.2) is 4.39 Å². The molecule has 1 unspecified atom stereocenters. The predicted octanol–water partition coefficient (Wildman–Crippen LogP) is 3.25. The zero-order valence-electron chi connectivity index (χ0n) is 9.89. The number of benzene rings is 1. The molecule has 0 aliphatic rings. The van der Waals surface area contributed by atoms with Crippen LogP contribution in [0.5, 0.6) is 0 Å². The van der Waals surface area contributed by atoms with E-state index in [9.17, 15) is 8.78 Å². The van der Waals surface area contributed by atoms with Gasteiger partial charge in [-0.15, -0.1) is 0 Å². The molecule has 0 aliphatic carbocycles. The van der Waals surface area contributed by atoms with E-state index in [1.54, 1.807) is 6.07 Å². The third-order valence-electron chi connectivity index (χ3n) is 2.71. The SMILES string of the molecule is CCNC(C)Cc1cc(F)c2cc(F)oc2c1. The first-order valence-electron chi connectivity index (χ1n) is 5.71. The first kappa shape index (κ1) is 12.0. The molecule has 1 atom stereocenters. The Morgan fingerprint density at radius 3 is 2.76 bits per heavy atom. The van der Waals surface area contributed by atoms with Gasteiger partial charge in [-0.05, 0) is 37.6 Å². The van der Waals surface area contributed by atoms with Crippen LogP contribution in [0.3, 0.4) is 0 Å². The van der Waals surface area contributed by atoms with E-state index >= 15 is 0 Å². The summed E-state index contributed by atoms with van der Waals surface area (Å²) >= 11 is 0. The highest BCUT2D eigenvalue weighted by Crippen LogP contribution is 2.23. The molecule has 0 fully saturated rings. The van der Waals surface area contributed by atoms with Crippen molar-refractivity contribution in [1.82, 2.24) is 5.32 Å². The summed E-state index contributed by atoms with van der Waals surface area (Å²) in [7, 11) is 0. The Kier molecular flexibility index (Phi) is 3.43. The maximum Gasteiger partial charge on any atom is 0.278 e. The van der Waals surface area contributed by atoms with Gasteiger partial charge in [-0.2, -0.15) is 4.39 Å². The summed E-state index contributed by atoms with van der Waals surface area (Å²) in [5, 5.41) is 3.44. The van der Waals surface area contributed by atoms with Crippen molar-refractivity contribution in [3.63, 3.8) is 0 Å². The highest BCUT2D eigenvalue weighted by molar-refractivity contribution is 5.78. The van der Waals surface area contributed by atoms with Gasteiger partial charge in [0.15, 0.2) is 0 Å². The van der Waals surface area contributed by atoms with Gasteiger partial charge in [0, 0.05) is 12.1 Å².